The van der Waals surface area contributed by atoms with E-state index in [4.69, 9.17) is 0 Å². The summed E-state index contributed by atoms with van der Waals surface area (Å²) in [5.41, 5.74) is 0.547. The maximum Gasteiger partial charge on any atom is 0.253 e. The van der Waals surface area contributed by atoms with Gasteiger partial charge in [0, 0.05) is 38.3 Å². The van der Waals surface area contributed by atoms with Gasteiger partial charge in [-0.3, -0.25) is 4.79 Å². The largest absolute Gasteiger partial charge is 0.337 e. The van der Waals surface area contributed by atoms with Crippen molar-refractivity contribution < 1.29 is 13.2 Å². The van der Waals surface area contributed by atoms with E-state index >= 15 is 0 Å². The van der Waals surface area contributed by atoms with Crippen molar-refractivity contribution in [3.8, 4) is 0 Å². The maximum absolute atomic E-state index is 12.9. The minimum absolute atomic E-state index is 0. The van der Waals surface area contributed by atoms with E-state index in [2.05, 4.69) is 5.32 Å². The Morgan fingerprint density at radius 2 is 1.70 bits per heavy atom. The van der Waals surface area contributed by atoms with Crippen LogP contribution in [0.1, 0.15) is 48.9 Å². The number of nitrogens with zero attached hydrogens (tertiary/aromatic N) is 2. The summed E-state index contributed by atoms with van der Waals surface area (Å²) in [6, 6.07) is 6.50. The summed E-state index contributed by atoms with van der Waals surface area (Å²) in [5.74, 6) is -0.0294. The zero-order chi connectivity index (χ0) is 18.6. The third kappa shape index (κ3) is 5.22. The fourth-order valence-electron chi connectivity index (χ4n) is 3.81. The normalized spacial score (nSPS) is 19.4. The van der Waals surface area contributed by atoms with Crippen molar-refractivity contribution in [3.05, 3.63) is 29.8 Å². The molecule has 3 rings (SSSR count). The summed E-state index contributed by atoms with van der Waals surface area (Å²) in [5, 5.41) is 3.28. The van der Waals surface area contributed by atoms with E-state index in [9.17, 15) is 13.2 Å². The molecule has 152 valence electrons. The molecule has 0 bridgehead atoms. The van der Waals surface area contributed by atoms with Gasteiger partial charge >= 0.3 is 0 Å². The molecule has 2 aliphatic rings. The second kappa shape index (κ2) is 9.87. The molecule has 1 N–H and O–H groups in total. The quantitative estimate of drug-likeness (QED) is 0.820. The van der Waals surface area contributed by atoms with E-state index in [1.807, 2.05) is 4.90 Å². The van der Waals surface area contributed by atoms with Gasteiger partial charge in [-0.25, -0.2) is 8.42 Å². The van der Waals surface area contributed by atoms with Crippen molar-refractivity contribution in [2.75, 3.05) is 33.2 Å². The summed E-state index contributed by atoms with van der Waals surface area (Å²) in [6.45, 7) is 3.14. The number of sulfonamides is 1. The highest BCUT2D eigenvalue weighted by molar-refractivity contribution is 7.89. The topological polar surface area (TPSA) is 69.7 Å². The molecular weight excluding hydrogens is 386 g/mol. The molecule has 1 saturated heterocycles. The third-order valence-electron chi connectivity index (χ3n) is 5.49. The van der Waals surface area contributed by atoms with Crippen LogP contribution in [0.4, 0.5) is 0 Å². The molecule has 0 radical (unpaired) electrons. The van der Waals surface area contributed by atoms with Crippen LogP contribution >= 0.6 is 12.4 Å². The molecule has 2 fully saturated rings. The summed E-state index contributed by atoms with van der Waals surface area (Å²) in [4.78, 5) is 14.7. The van der Waals surface area contributed by atoms with E-state index in [-0.39, 0.29) is 29.3 Å². The van der Waals surface area contributed by atoms with Gasteiger partial charge in [-0.2, -0.15) is 4.31 Å². The van der Waals surface area contributed by atoms with E-state index in [0.29, 0.717) is 12.1 Å². The summed E-state index contributed by atoms with van der Waals surface area (Å²) >= 11 is 0. The Morgan fingerprint density at radius 1 is 1.04 bits per heavy atom. The van der Waals surface area contributed by atoms with Gasteiger partial charge in [0.2, 0.25) is 10.0 Å². The van der Waals surface area contributed by atoms with Crippen LogP contribution in [0.2, 0.25) is 0 Å². The number of carbonyl (C=O) groups is 1. The minimum atomic E-state index is -3.51. The molecule has 1 aliphatic heterocycles. The zero-order valence-corrected chi connectivity index (χ0v) is 17.5. The van der Waals surface area contributed by atoms with E-state index in [1.54, 1.807) is 31.3 Å². The highest BCUT2D eigenvalue weighted by atomic mass is 35.5. The maximum atomic E-state index is 12.9. The molecule has 6 nitrogen and oxygen atoms in total. The van der Waals surface area contributed by atoms with Crippen LogP contribution in [0.25, 0.3) is 0 Å². The lowest BCUT2D eigenvalue weighted by molar-refractivity contribution is 0.0766. The molecule has 1 saturated carbocycles. The monoisotopic (exact) mass is 415 g/mol. The first-order chi connectivity index (χ1) is 12.5. The number of amides is 1. The molecule has 27 heavy (non-hydrogen) atoms. The molecule has 8 heteroatoms. The standard InChI is InChI=1S/C19H29N3O3S.ClH/c1-21(17-6-3-2-4-7-17)26(24,25)18-10-8-16(9-11-18)19(23)22-14-5-12-20-13-15-22;/h8-11,17,20H,2-7,12-15H2,1H3;1H. The average Bonchev–Trinajstić information content (AvgIpc) is 2.97. The van der Waals surface area contributed by atoms with Gasteiger partial charge in [0.05, 0.1) is 4.90 Å². The molecule has 0 spiro atoms. The van der Waals surface area contributed by atoms with Gasteiger partial charge in [-0.15, -0.1) is 12.4 Å². The van der Waals surface area contributed by atoms with E-state index in [0.717, 1.165) is 51.7 Å². The number of benzene rings is 1. The summed E-state index contributed by atoms with van der Waals surface area (Å²) in [7, 11) is -1.84. The van der Waals surface area contributed by atoms with Crippen LogP contribution < -0.4 is 5.32 Å². The Labute approximate surface area is 168 Å². The van der Waals surface area contributed by atoms with Gasteiger partial charge in [0.1, 0.15) is 0 Å². The second-order valence-electron chi connectivity index (χ2n) is 7.23. The molecule has 0 unspecified atom stereocenters. The van der Waals surface area contributed by atoms with Crippen LogP contribution in [0.5, 0.6) is 0 Å². The lowest BCUT2D eigenvalue weighted by Gasteiger charge is -2.30. The van der Waals surface area contributed by atoms with E-state index < -0.39 is 10.0 Å². The first kappa shape index (κ1) is 22.1. The number of rotatable bonds is 4. The summed E-state index contributed by atoms with van der Waals surface area (Å²) in [6.07, 6.45) is 6.15. The second-order valence-corrected chi connectivity index (χ2v) is 9.23. The molecule has 1 aromatic carbocycles. The van der Waals surface area contributed by atoms with Crippen LogP contribution in [0.15, 0.2) is 29.2 Å². The smallest absolute Gasteiger partial charge is 0.253 e. The van der Waals surface area contributed by atoms with Gasteiger partial charge in [-0.05, 0) is 50.1 Å². The molecular formula is C19H30ClN3O3S. The number of nitrogens with one attached hydrogen (secondary N) is 1. The Kier molecular flexibility index (Phi) is 8.09. The van der Waals surface area contributed by atoms with Crippen LogP contribution in [-0.4, -0.2) is 62.8 Å². The van der Waals surface area contributed by atoms with Crippen LogP contribution in [0.3, 0.4) is 0 Å². The number of hydrogen-bond donors (Lipinski definition) is 1. The Hall–Kier alpha value is -1.15. The number of carbonyl (C=O) groups excluding carboxylic acids is 1. The van der Waals surface area contributed by atoms with Gasteiger partial charge in [0.25, 0.3) is 5.91 Å². The minimum Gasteiger partial charge on any atom is -0.337 e. The molecule has 1 amide bonds. The number of halogens is 1. The first-order valence-corrected chi connectivity index (χ1v) is 11.0. The molecule has 1 aromatic rings. The van der Waals surface area contributed by atoms with Gasteiger partial charge in [0.15, 0.2) is 0 Å². The fourth-order valence-corrected chi connectivity index (χ4v) is 5.22. The van der Waals surface area contributed by atoms with Crippen LogP contribution in [0, 0.1) is 0 Å². The lowest BCUT2D eigenvalue weighted by atomic mass is 9.96. The SMILES string of the molecule is CN(C1CCCCC1)S(=O)(=O)c1ccc(C(=O)N2CCCNCC2)cc1.Cl. The van der Waals surface area contributed by atoms with Crippen LogP contribution in [-0.2, 0) is 10.0 Å². The van der Waals surface area contributed by atoms with Crippen molar-refractivity contribution in [2.45, 2.75) is 49.5 Å². The first-order valence-electron chi connectivity index (χ1n) is 9.58. The van der Waals surface area contributed by atoms with Gasteiger partial charge < -0.3 is 10.2 Å². The van der Waals surface area contributed by atoms with Crippen molar-refractivity contribution in [1.29, 1.82) is 0 Å². The highest BCUT2D eigenvalue weighted by Crippen LogP contribution is 2.26. The predicted molar refractivity (Wildman–Crippen MR) is 109 cm³/mol. The Morgan fingerprint density at radius 3 is 2.37 bits per heavy atom. The Bertz CT molecular complexity index is 710. The third-order valence-corrected chi connectivity index (χ3v) is 7.42. The molecule has 0 atom stereocenters. The predicted octanol–water partition coefficient (Wildman–Crippen LogP) is 2.50. The van der Waals surface area contributed by atoms with Crippen molar-refractivity contribution in [2.24, 2.45) is 0 Å². The average molecular weight is 416 g/mol. The van der Waals surface area contributed by atoms with E-state index in [1.165, 1.54) is 10.7 Å². The number of hydrogen-bond acceptors (Lipinski definition) is 4. The highest BCUT2D eigenvalue weighted by Gasteiger charge is 2.29. The fraction of sp³-hybridized carbons (Fsp3) is 0.632. The summed E-state index contributed by atoms with van der Waals surface area (Å²) < 4.78 is 27.3. The van der Waals surface area contributed by atoms with Crippen molar-refractivity contribution >= 4 is 28.3 Å². The Balaban J connectivity index is 0.00000261. The molecule has 1 heterocycles. The molecule has 0 aromatic heterocycles. The zero-order valence-electron chi connectivity index (χ0n) is 15.9. The van der Waals surface area contributed by atoms with Crippen molar-refractivity contribution in [3.63, 3.8) is 0 Å². The molecule has 1 aliphatic carbocycles. The van der Waals surface area contributed by atoms with Gasteiger partial charge in [-0.1, -0.05) is 19.3 Å². The van der Waals surface area contributed by atoms with Crippen molar-refractivity contribution in [1.82, 2.24) is 14.5 Å². The lowest BCUT2D eigenvalue weighted by Crippen LogP contribution is -2.38.